The average Bonchev–Trinajstić information content (AvgIpc) is 3.23. The van der Waals surface area contributed by atoms with Crippen molar-refractivity contribution in [1.82, 2.24) is 0 Å². The summed E-state index contributed by atoms with van der Waals surface area (Å²) in [4.78, 5) is 37.1. The van der Waals surface area contributed by atoms with Gasteiger partial charge >= 0.3 is 11.9 Å². The molecular formula is C19H20O6. The maximum atomic E-state index is 12.6. The molecule has 132 valence electrons. The molecule has 0 aromatic heterocycles. The van der Waals surface area contributed by atoms with Crippen LogP contribution in [0.25, 0.3) is 0 Å². The fourth-order valence-electron chi connectivity index (χ4n) is 4.62. The van der Waals surface area contributed by atoms with Crippen LogP contribution in [0.1, 0.15) is 30.1 Å². The molecule has 1 heterocycles. The zero-order chi connectivity index (χ0) is 17.7. The molecule has 1 aromatic carbocycles. The summed E-state index contributed by atoms with van der Waals surface area (Å²) in [5.74, 6) is -0.953. The molecular weight excluding hydrogens is 324 g/mol. The fraction of sp³-hybridized carbons (Fsp3) is 0.526. The van der Waals surface area contributed by atoms with E-state index in [4.69, 9.17) is 14.2 Å². The fourth-order valence-corrected chi connectivity index (χ4v) is 4.62. The molecule has 0 N–H and O–H groups in total. The smallest absolute Gasteiger partial charge is 0.310 e. The minimum atomic E-state index is -0.895. The quantitative estimate of drug-likeness (QED) is 0.600. The second-order valence-electron chi connectivity index (χ2n) is 7.09. The van der Waals surface area contributed by atoms with Crippen molar-refractivity contribution in [3.8, 4) is 5.75 Å². The van der Waals surface area contributed by atoms with Crippen LogP contribution in [0.3, 0.4) is 0 Å². The van der Waals surface area contributed by atoms with Crippen molar-refractivity contribution in [1.29, 1.82) is 0 Å². The van der Waals surface area contributed by atoms with Gasteiger partial charge in [-0.05, 0) is 49.9 Å². The summed E-state index contributed by atoms with van der Waals surface area (Å²) in [6.45, 7) is 1.56. The van der Waals surface area contributed by atoms with Gasteiger partial charge in [0, 0.05) is 11.5 Å². The third-order valence-electron chi connectivity index (χ3n) is 5.79. The Kier molecular flexibility index (Phi) is 3.78. The molecule has 1 saturated heterocycles. The van der Waals surface area contributed by atoms with E-state index >= 15 is 0 Å². The molecule has 0 spiro atoms. The molecule has 2 bridgehead atoms. The topological polar surface area (TPSA) is 78.9 Å². The predicted molar refractivity (Wildman–Crippen MR) is 86.0 cm³/mol. The molecule has 0 amide bonds. The summed E-state index contributed by atoms with van der Waals surface area (Å²) in [6, 6.07) is 6.66. The van der Waals surface area contributed by atoms with E-state index in [1.807, 2.05) is 0 Å². The Morgan fingerprint density at radius 3 is 2.60 bits per heavy atom. The van der Waals surface area contributed by atoms with Crippen LogP contribution in [0.2, 0.25) is 0 Å². The van der Waals surface area contributed by atoms with Gasteiger partial charge in [-0.2, -0.15) is 0 Å². The highest BCUT2D eigenvalue weighted by atomic mass is 16.6. The predicted octanol–water partition coefficient (Wildman–Crippen LogP) is 2.01. The molecule has 6 heteroatoms. The van der Waals surface area contributed by atoms with Gasteiger partial charge in [0.2, 0.25) is 5.78 Å². The number of carbonyl (C=O) groups excluding carboxylic acids is 3. The van der Waals surface area contributed by atoms with Crippen LogP contribution in [-0.2, 0) is 19.1 Å². The SMILES string of the molecule is COc1ccc(C(=O)[C@@H](C)OC(=O)[C@@H]2[C@@H]3C[C@@H]4[C@@H]2C(=O)O[C@@H]4C3)cc1. The third-order valence-corrected chi connectivity index (χ3v) is 5.79. The molecule has 0 radical (unpaired) electrons. The molecule has 6 atom stereocenters. The Morgan fingerprint density at radius 1 is 1.20 bits per heavy atom. The number of hydrogen-bond donors (Lipinski definition) is 0. The number of methoxy groups -OCH3 is 1. The number of ether oxygens (including phenoxy) is 3. The van der Waals surface area contributed by atoms with Crippen molar-refractivity contribution in [3.63, 3.8) is 0 Å². The Balaban J connectivity index is 1.43. The molecule has 1 aliphatic heterocycles. The van der Waals surface area contributed by atoms with E-state index in [1.165, 1.54) is 0 Å². The lowest BCUT2D eigenvalue weighted by atomic mass is 9.80. The van der Waals surface area contributed by atoms with Gasteiger partial charge in [-0.1, -0.05) is 0 Å². The van der Waals surface area contributed by atoms with Crippen molar-refractivity contribution < 1.29 is 28.6 Å². The number of esters is 2. The summed E-state index contributed by atoms with van der Waals surface area (Å²) >= 11 is 0. The van der Waals surface area contributed by atoms with Gasteiger partial charge < -0.3 is 14.2 Å². The molecule has 0 unspecified atom stereocenters. The summed E-state index contributed by atoms with van der Waals surface area (Å²) in [5.41, 5.74) is 0.453. The lowest BCUT2D eigenvalue weighted by molar-refractivity contribution is -0.157. The van der Waals surface area contributed by atoms with Crippen molar-refractivity contribution in [2.75, 3.05) is 7.11 Å². The number of fused-ring (bicyclic) bond motifs is 1. The van der Waals surface area contributed by atoms with Gasteiger partial charge in [0.25, 0.3) is 0 Å². The van der Waals surface area contributed by atoms with Crippen LogP contribution < -0.4 is 4.74 Å². The van der Waals surface area contributed by atoms with E-state index in [2.05, 4.69) is 0 Å². The van der Waals surface area contributed by atoms with Crippen molar-refractivity contribution in [2.24, 2.45) is 23.7 Å². The first-order chi connectivity index (χ1) is 12.0. The first-order valence-electron chi connectivity index (χ1n) is 8.59. The first-order valence-corrected chi connectivity index (χ1v) is 8.59. The Labute approximate surface area is 145 Å². The molecule has 2 saturated carbocycles. The van der Waals surface area contributed by atoms with Crippen LogP contribution in [0, 0.1) is 23.7 Å². The largest absolute Gasteiger partial charge is 0.497 e. The molecule has 2 aliphatic carbocycles. The van der Waals surface area contributed by atoms with Crippen LogP contribution in [0.15, 0.2) is 24.3 Å². The average molecular weight is 344 g/mol. The summed E-state index contributed by atoms with van der Waals surface area (Å²) < 4.78 is 15.8. The van der Waals surface area contributed by atoms with E-state index in [-0.39, 0.29) is 35.6 Å². The van der Waals surface area contributed by atoms with E-state index in [0.29, 0.717) is 11.3 Å². The van der Waals surface area contributed by atoms with Gasteiger partial charge in [0.15, 0.2) is 6.10 Å². The number of carbonyl (C=O) groups is 3. The first kappa shape index (κ1) is 16.1. The summed E-state index contributed by atoms with van der Waals surface area (Å²) in [5, 5.41) is 0. The molecule has 3 aliphatic rings. The van der Waals surface area contributed by atoms with Crippen molar-refractivity contribution >= 4 is 17.7 Å². The number of rotatable bonds is 5. The summed E-state index contributed by atoms with van der Waals surface area (Å²) in [7, 11) is 1.55. The Morgan fingerprint density at radius 2 is 1.92 bits per heavy atom. The van der Waals surface area contributed by atoms with Crippen LogP contribution in [0.4, 0.5) is 0 Å². The molecule has 25 heavy (non-hydrogen) atoms. The second-order valence-corrected chi connectivity index (χ2v) is 7.09. The van der Waals surface area contributed by atoms with Crippen LogP contribution >= 0.6 is 0 Å². The minimum absolute atomic E-state index is 0.0232. The van der Waals surface area contributed by atoms with Gasteiger partial charge in [-0.15, -0.1) is 0 Å². The molecule has 4 rings (SSSR count). The lowest BCUT2D eigenvalue weighted by Crippen LogP contribution is -2.36. The van der Waals surface area contributed by atoms with E-state index in [9.17, 15) is 14.4 Å². The highest BCUT2D eigenvalue weighted by molar-refractivity contribution is 6.00. The third kappa shape index (κ3) is 2.51. The maximum absolute atomic E-state index is 12.6. The van der Waals surface area contributed by atoms with Gasteiger partial charge in [-0.3, -0.25) is 14.4 Å². The number of hydrogen-bond acceptors (Lipinski definition) is 6. The van der Waals surface area contributed by atoms with Gasteiger partial charge in [0.05, 0.1) is 18.9 Å². The van der Waals surface area contributed by atoms with E-state index < -0.39 is 18.0 Å². The molecule has 3 fully saturated rings. The lowest BCUT2D eigenvalue weighted by Gasteiger charge is -2.24. The van der Waals surface area contributed by atoms with E-state index in [0.717, 1.165) is 12.8 Å². The second kappa shape index (κ2) is 5.86. The standard InChI is InChI=1S/C19H20O6/c1-9(17(20)10-3-5-12(23-2)6-4-10)24-18(21)15-11-7-13-14(8-11)25-19(22)16(13)15/h3-6,9,11,13-16H,7-8H2,1-2H3/t9-,11-,13+,14-,15-,16+/m1/s1. The van der Waals surface area contributed by atoms with E-state index in [1.54, 1.807) is 38.3 Å². The van der Waals surface area contributed by atoms with Gasteiger partial charge in [-0.25, -0.2) is 0 Å². The normalized spacial score (nSPS) is 33.0. The van der Waals surface area contributed by atoms with Crippen LogP contribution in [-0.4, -0.2) is 37.0 Å². The van der Waals surface area contributed by atoms with Gasteiger partial charge in [0.1, 0.15) is 11.9 Å². The summed E-state index contributed by atoms with van der Waals surface area (Å²) in [6.07, 6.45) is 0.646. The molecule has 6 nitrogen and oxygen atoms in total. The Bertz CT molecular complexity index is 722. The Hall–Kier alpha value is -2.37. The zero-order valence-electron chi connectivity index (χ0n) is 14.1. The minimum Gasteiger partial charge on any atom is -0.497 e. The zero-order valence-corrected chi connectivity index (χ0v) is 14.1. The van der Waals surface area contributed by atoms with Crippen molar-refractivity contribution in [3.05, 3.63) is 29.8 Å². The molecule has 1 aromatic rings. The number of benzene rings is 1. The monoisotopic (exact) mass is 344 g/mol. The number of Topliss-reactive ketones (excluding diaryl/α,β-unsaturated/α-hetero) is 1. The highest BCUT2D eigenvalue weighted by Gasteiger charge is 2.64. The number of ketones is 1. The maximum Gasteiger partial charge on any atom is 0.310 e. The van der Waals surface area contributed by atoms with Crippen LogP contribution in [0.5, 0.6) is 5.75 Å². The van der Waals surface area contributed by atoms with Crippen molar-refractivity contribution in [2.45, 2.75) is 32.0 Å². The highest BCUT2D eigenvalue weighted by Crippen LogP contribution is 2.58.